The lowest BCUT2D eigenvalue weighted by molar-refractivity contribution is -0.118. The quantitative estimate of drug-likeness (QED) is 0.660. The highest BCUT2D eigenvalue weighted by Crippen LogP contribution is 2.29. The van der Waals surface area contributed by atoms with Gasteiger partial charge in [0, 0.05) is 5.69 Å². The zero-order valence-corrected chi connectivity index (χ0v) is 13.0. The summed E-state index contributed by atoms with van der Waals surface area (Å²) in [4.78, 5) is 12.6. The smallest absolute Gasteiger partial charge is 0.243 e. The predicted octanol–water partition coefficient (Wildman–Crippen LogP) is 3.28. The van der Waals surface area contributed by atoms with Crippen LogP contribution in [0.15, 0.2) is 47.6 Å². The number of para-hydroxylation sites is 1. The minimum atomic E-state index is -0.656. The zero-order chi connectivity index (χ0) is 16.4. The van der Waals surface area contributed by atoms with Gasteiger partial charge in [0.25, 0.3) is 0 Å². The highest BCUT2D eigenvalue weighted by molar-refractivity contribution is 6.07. The minimum Gasteiger partial charge on any atom is -0.439 e. The fraction of sp³-hybridized carbons (Fsp3) is 0.222. The number of benzene rings is 2. The third-order valence-electron chi connectivity index (χ3n) is 4.10. The molecule has 0 saturated carbocycles. The molecule has 1 aliphatic rings. The number of oxime groups is 1. The van der Waals surface area contributed by atoms with Crippen molar-refractivity contribution in [3.8, 4) is 5.75 Å². The SMILES string of the molecule is Cc1ccc(NC(=O)[C@H]2Cc3ccccc3O/C2=N/O)cc1C. The summed E-state index contributed by atoms with van der Waals surface area (Å²) in [6.07, 6.45) is 0.437. The summed E-state index contributed by atoms with van der Waals surface area (Å²) < 4.78 is 5.53. The first kappa shape index (κ1) is 15.1. The van der Waals surface area contributed by atoms with Crippen LogP contribution in [0.5, 0.6) is 5.75 Å². The van der Waals surface area contributed by atoms with E-state index in [2.05, 4.69) is 10.5 Å². The molecule has 0 unspecified atom stereocenters. The second-order valence-corrected chi connectivity index (χ2v) is 5.69. The van der Waals surface area contributed by atoms with Gasteiger partial charge in [-0.15, -0.1) is 0 Å². The summed E-state index contributed by atoms with van der Waals surface area (Å²) in [5.41, 5.74) is 3.90. The van der Waals surface area contributed by atoms with Crippen LogP contribution in [0.4, 0.5) is 5.69 Å². The van der Waals surface area contributed by atoms with Crippen molar-refractivity contribution in [2.45, 2.75) is 20.3 Å². The molecule has 0 saturated heterocycles. The number of hydrogen-bond donors (Lipinski definition) is 2. The first-order valence-corrected chi connectivity index (χ1v) is 7.44. The van der Waals surface area contributed by atoms with Gasteiger partial charge >= 0.3 is 0 Å². The standard InChI is InChI=1S/C18H18N2O3/c1-11-7-8-14(9-12(11)2)19-17(21)15-10-13-5-3-4-6-16(13)23-18(15)20-22/h3-9,15,22H,10H2,1-2H3,(H,19,21)/b20-18+/t15-/m1/s1. The van der Waals surface area contributed by atoms with Gasteiger partial charge in [0.2, 0.25) is 11.8 Å². The molecule has 0 radical (unpaired) electrons. The van der Waals surface area contributed by atoms with Crippen molar-refractivity contribution in [3.05, 3.63) is 59.2 Å². The summed E-state index contributed by atoms with van der Waals surface area (Å²) in [5, 5.41) is 15.2. The maximum atomic E-state index is 12.6. The summed E-state index contributed by atoms with van der Waals surface area (Å²) in [5.74, 6) is -0.271. The van der Waals surface area contributed by atoms with Crippen LogP contribution < -0.4 is 10.1 Å². The van der Waals surface area contributed by atoms with Gasteiger partial charge in [-0.1, -0.05) is 29.4 Å². The average Bonchev–Trinajstić information content (AvgIpc) is 2.57. The largest absolute Gasteiger partial charge is 0.439 e. The molecule has 1 aliphatic heterocycles. The Balaban J connectivity index is 1.82. The summed E-state index contributed by atoms with van der Waals surface area (Å²) in [6, 6.07) is 13.1. The molecule has 5 nitrogen and oxygen atoms in total. The number of carbonyl (C=O) groups excluding carboxylic acids is 1. The minimum absolute atomic E-state index is 0.0185. The Morgan fingerprint density at radius 3 is 2.74 bits per heavy atom. The lowest BCUT2D eigenvalue weighted by atomic mass is 9.95. The molecular weight excluding hydrogens is 292 g/mol. The Labute approximate surface area is 134 Å². The fourth-order valence-corrected chi connectivity index (χ4v) is 2.61. The van der Waals surface area contributed by atoms with Crippen LogP contribution in [0.25, 0.3) is 0 Å². The van der Waals surface area contributed by atoms with E-state index >= 15 is 0 Å². The molecule has 0 bridgehead atoms. The Hall–Kier alpha value is -2.82. The van der Waals surface area contributed by atoms with Gasteiger partial charge in [-0.2, -0.15) is 0 Å². The van der Waals surface area contributed by atoms with Crippen LogP contribution in [0.1, 0.15) is 16.7 Å². The van der Waals surface area contributed by atoms with E-state index in [9.17, 15) is 4.79 Å². The maximum absolute atomic E-state index is 12.6. The first-order valence-electron chi connectivity index (χ1n) is 7.44. The van der Waals surface area contributed by atoms with E-state index in [0.29, 0.717) is 17.9 Å². The summed E-state index contributed by atoms with van der Waals surface area (Å²) >= 11 is 0. The summed E-state index contributed by atoms with van der Waals surface area (Å²) in [7, 11) is 0. The van der Waals surface area contributed by atoms with Crippen LogP contribution >= 0.6 is 0 Å². The number of hydrogen-bond acceptors (Lipinski definition) is 4. The second-order valence-electron chi connectivity index (χ2n) is 5.69. The summed E-state index contributed by atoms with van der Waals surface area (Å²) in [6.45, 7) is 4.01. The average molecular weight is 310 g/mol. The molecule has 0 spiro atoms. The van der Waals surface area contributed by atoms with Crippen molar-refractivity contribution in [2.75, 3.05) is 5.32 Å². The van der Waals surface area contributed by atoms with E-state index < -0.39 is 5.92 Å². The van der Waals surface area contributed by atoms with E-state index in [0.717, 1.165) is 16.7 Å². The molecule has 1 atom stereocenters. The molecule has 1 amide bonds. The van der Waals surface area contributed by atoms with Gasteiger partial charge < -0.3 is 15.3 Å². The van der Waals surface area contributed by atoms with Crippen molar-refractivity contribution < 1.29 is 14.7 Å². The number of carbonyl (C=O) groups is 1. The van der Waals surface area contributed by atoms with Crippen molar-refractivity contribution in [1.29, 1.82) is 0 Å². The number of nitrogens with one attached hydrogen (secondary N) is 1. The molecule has 0 aliphatic carbocycles. The molecule has 118 valence electrons. The number of aryl methyl sites for hydroxylation is 2. The van der Waals surface area contributed by atoms with Crippen LogP contribution in [0, 0.1) is 19.8 Å². The van der Waals surface area contributed by atoms with Gasteiger partial charge in [-0.25, -0.2) is 0 Å². The maximum Gasteiger partial charge on any atom is 0.243 e. The van der Waals surface area contributed by atoms with E-state index in [-0.39, 0.29) is 11.8 Å². The lowest BCUT2D eigenvalue weighted by Crippen LogP contribution is -2.37. The van der Waals surface area contributed by atoms with Crippen molar-refractivity contribution in [1.82, 2.24) is 0 Å². The highest BCUT2D eigenvalue weighted by Gasteiger charge is 2.33. The zero-order valence-electron chi connectivity index (χ0n) is 13.0. The van der Waals surface area contributed by atoms with Gasteiger partial charge in [0.15, 0.2) is 0 Å². The lowest BCUT2D eigenvalue weighted by Gasteiger charge is -2.24. The Morgan fingerprint density at radius 1 is 1.22 bits per heavy atom. The Morgan fingerprint density at radius 2 is 2.00 bits per heavy atom. The number of rotatable bonds is 2. The molecule has 0 fully saturated rings. The number of anilines is 1. The van der Waals surface area contributed by atoms with Crippen molar-refractivity contribution >= 4 is 17.5 Å². The normalized spacial score (nSPS) is 18.2. The molecule has 2 aromatic carbocycles. The molecule has 0 aromatic heterocycles. The van der Waals surface area contributed by atoms with Gasteiger partial charge in [-0.3, -0.25) is 4.79 Å². The fourth-order valence-electron chi connectivity index (χ4n) is 2.61. The van der Waals surface area contributed by atoms with E-state index in [1.807, 2.05) is 50.2 Å². The molecule has 5 heteroatoms. The Kier molecular flexibility index (Phi) is 4.02. The van der Waals surface area contributed by atoms with E-state index in [1.54, 1.807) is 6.07 Å². The van der Waals surface area contributed by atoms with E-state index in [1.165, 1.54) is 0 Å². The predicted molar refractivity (Wildman–Crippen MR) is 88.0 cm³/mol. The van der Waals surface area contributed by atoms with E-state index in [4.69, 9.17) is 9.94 Å². The highest BCUT2D eigenvalue weighted by atomic mass is 16.5. The second kappa shape index (κ2) is 6.12. The van der Waals surface area contributed by atoms with Crippen LogP contribution in [0.3, 0.4) is 0 Å². The van der Waals surface area contributed by atoms with Crippen molar-refractivity contribution in [2.24, 2.45) is 11.1 Å². The number of ether oxygens (including phenoxy) is 1. The van der Waals surface area contributed by atoms with Crippen LogP contribution in [-0.4, -0.2) is 17.0 Å². The molecule has 23 heavy (non-hydrogen) atoms. The molecule has 2 aromatic rings. The molecule has 2 N–H and O–H groups in total. The van der Waals surface area contributed by atoms with Gasteiger partial charge in [0.05, 0.1) is 0 Å². The molecule has 3 rings (SSSR count). The van der Waals surface area contributed by atoms with Crippen molar-refractivity contribution in [3.63, 3.8) is 0 Å². The van der Waals surface area contributed by atoms with Crippen LogP contribution in [-0.2, 0) is 11.2 Å². The first-order chi connectivity index (χ1) is 11.1. The third-order valence-corrected chi connectivity index (χ3v) is 4.10. The number of amides is 1. The number of fused-ring (bicyclic) bond motifs is 1. The number of nitrogens with zero attached hydrogens (tertiary/aromatic N) is 1. The van der Waals surface area contributed by atoms with Gasteiger partial charge in [-0.05, 0) is 55.2 Å². The topological polar surface area (TPSA) is 70.9 Å². The monoisotopic (exact) mass is 310 g/mol. The molecular formula is C18H18N2O3. The van der Waals surface area contributed by atoms with Crippen LogP contribution in [0.2, 0.25) is 0 Å². The van der Waals surface area contributed by atoms with Gasteiger partial charge in [0.1, 0.15) is 11.7 Å². The molecule has 1 heterocycles. The Bertz CT molecular complexity index is 784. The third kappa shape index (κ3) is 3.04.